The van der Waals surface area contributed by atoms with E-state index in [4.69, 9.17) is 0 Å². The smallest absolute Gasteiger partial charge is 0.270 e. The van der Waals surface area contributed by atoms with Gasteiger partial charge >= 0.3 is 0 Å². The molecule has 26 heavy (non-hydrogen) atoms. The summed E-state index contributed by atoms with van der Waals surface area (Å²) in [5.41, 5.74) is 1.78. The summed E-state index contributed by atoms with van der Waals surface area (Å²) in [6.07, 6.45) is 0.772. The summed E-state index contributed by atoms with van der Waals surface area (Å²) in [6, 6.07) is 14.5. The number of para-hydroxylation sites is 1. The van der Waals surface area contributed by atoms with Crippen molar-refractivity contribution in [3.63, 3.8) is 0 Å². The second-order valence-electron chi connectivity index (χ2n) is 5.82. The second-order valence-corrected chi connectivity index (χ2v) is 5.82. The van der Waals surface area contributed by atoms with E-state index in [-0.39, 0.29) is 23.7 Å². The molecule has 1 amide bonds. The molecule has 0 aliphatic carbocycles. The maximum Gasteiger partial charge on any atom is 0.270 e. The number of hydrogen-bond donors (Lipinski definition) is 1. The van der Waals surface area contributed by atoms with Gasteiger partial charge in [-0.3, -0.25) is 24.3 Å². The lowest BCUT2D eigenvalue weighted by molar-refractivity contribution is -0.384. The molecule has 3 aromatic rings. The molecule has 2 aromatic carbocycles. The van der Waals surface area contributed by atoms with Crippen LogP contribution >= 0.6 is 0 Å². The molecule has 0 spiro atoms. The Bertz CT molecular complexity index is 1060. The standard InChI is InChI=1S/C19H17N3O4/c1-2-13-5-3-4-6-16(13)20-18(23)12-21-17-9-8-15(22(25)26)11-14(17)7-10-19(21)24/h3-11H,2,12H2,1H3,(H,20,23). The average Bonchev–Trinajstić information content (AvgIpc) is 2.64. The number of nitrogens with one attached hydrogen (secondary N) is 1. The number of hydrogen-bond acceptors (Lipinski definition) is 4. The minimum Gasteiger partial charge on any atom is -0.324 e. The Balaban J connectivity index is 1.92. The number of aromatic nitrogens is 1. The Morgan fingerprint density at radius 3 is 2.65 bits per heavy atom. The van der Waals surface area contributed by atoms with Crippen molar-refractivity contribution >= 4 is 28.2 Å². The Labute approximate surface area is 149 Å². The third-order valence-corrected chi connectivity index (χ3v) is 4.16. The number of benzene rings is 2. The molecular weight excluding hydrogens is 334 g/mol. The number of anilines is 1. The molecule has 0 saturated carbocycles. The van der Waals surface area contributed by atoms with Gasteiger partial charge in [0.25, 0.3) is 11.2 Å². The normalized spacial score (nSPS) is 10.7. The Morgan fingerprint density at radius 2 is 1.92 bits per heavy atom. The summed E-state index contributed by atoms with van der Waals surface area (Å²) in [5, 5.41) is 14.3. The van der Waals surface area contributed by atoms with Gasteiger partial charge < -0.3 is 5.32 Å². The lowest BCUT2D eigenvalue weighted by Crippen LogP contribution is -2.27. The lowest BCUT2D eigenvalue weighted by atomic mass is 10.1. The zero-order valence-corrected chi connectivity index (χ0v) is 14.1. The van der Waals surface area contributed by atoms with Crippen LogP contribution in [-0.2, 0) is 17.8 Å². The predicted molar refractivity (Wildman–Crippen MR) is 99.3 cm³/mol. The molecule has 0 unspecified atom stereocenters. The van der Waals surface area contributed by atoms with E-state index < -0.39 is 4.92 Å². The quantitative estimate of drug-likeness (QED) is 0.564. The van der Waals surface area contributed by atoms with Gasteiger partial charge in [0.2, 0.25) is 5.91 Å². The van der Waals surface area contributed by atoms with Gasteiger partial charge in [-0.25, -0.2) is 0 Å². The highest BCUT2D eigenvalue weighted by atomic mass is 16.6. The van der Waals surface area contributed by atoms with Crippen LogP contribution in [-0.4, -0.2) is 15.4 Å². The number of rotatable bonds is 5. The van der Waals surface area contributed by atoms with E-state index in [1.807, 2.05) is 31.2 Å². The fraction of sp³-hybridized carbons (Fsp3) is 0.158. The second kappa shape index (κ2) is 7.18. The third-order valence-electron chi connectivity index (χ3n) is 4.16. The molecular formula is C19H17N3O4. The van der Waals surface area contributed by atoms with Crippen LogP contribution in [0, 0.1) is 10.1 Å². The van der Waals surface area contributed by atoms with Gasteiger partial charge in [0.05, 0.1) is 10.4 Å². The van der Waals surface area contributed by atoms with Crippen LogP contribution in [0.25, 0.3) is 10.9 Å². The zero-order valence-electron chi connectivity index (χ0n) is 14.1. The number of nitrogens with zero attached hydrogens (tertiary/aromatic N) is 2. The van der Waals surface area contributed by atoms with Crippen LogP contribution in [0.5, 0.6) is 0 Å². The van der Waals surface area contributed by atoms with Crippen molar-refractivity contribution in [1.82, 2.24) is 4.57 Å². The number of non-ortho nitro benzene ring substituents is 1. The van der Waals surface area contributed by atoms with E-state index >= 15 is 0 Å². The highest BCUT2D eigenvalue weighted by Gasteiger charge is 2.12. The number of nitro benzene ring substituents is 1. The molecule has 1 heterocycles. The summed E-state index contributed by atoms with van der Waals surface area (Å²) in [5.74, 6) is -0.334. The molecule has 1 aromatic heterocycles. The summed E-state index contributed by atoms with van der Waals surface area (Å²) in [6.45, 7) is 1.82. The molecule has 3 rings (SSSR count). The van der Waals surface area contributed by atoms with Crippen LogP contribution in [0.1, 0.15) is 12.5 Å². The molecule has 7 nitrogen and oxygen atoms in total. The fourth-order valence-electron chi connectivity index (χ4n) is 2.85. The molecule has 0 fully saturated rings. The largest absolute Gasteiger partial charge is 0.324 e. The summed E-state index contributed by atoms with van der Waals surface area (Å²) in [4.78, 5) is 35.1. The third kappa shape index (κ3) is 3.46. The molecule has 132 valence electrons. The van der Waals surface area contributed by atoms with Crippen LogP contribution in [0.15, 0.2) is 59.4 Å². The molecule has 0 aliphatic rings. The first kappa shape index (κ1) is 17.3. The first-order valence-electron chi connectivity index (χ1n) is 8.15. The Morgan fingerprint density at radius 1 is 1.15 bits per heavy atom. The van der Waals surface area contributed by atoms with Crippen molar-refractivity contribution < 1.29 is 9.72 Å². The van der Waals surface area contributed by atoms with Gasteiger partial charge in [-0.2, -0.15) is 0 Å². The lowest BCUT2D eigenvalue weighted by Gasteiger charge is -2.12. The predicted octanol–water partition coefficient (Wildman–Crippen LogP) is 3.11. The monoisotopic (exact) mass is 351 g/mol. The van der Waals surface area contributed by atoms with Gasteiger partial charge in [0, 0.05) is 29.3 Å². The number of pyridine rings is 1. The topological polar surface area (TPSA) is 94.2 Å². The van der Waals surface area contributed by atoms with E-state index in [9.17, 15) is 19.7 Å². The molecule has 7 heteroatoms. The number of carbonyl (C=O) groups excluding carboxylic acids is 1. The highest BCUT2D eigenvalue weighted by Crippen LogP contribution is 2.20. The molecule has 0 saturated heterocycles. The Kier molecular flexibility index (Phi) is 4.79. The van der Waals surface area contributed by atoms with Crippen molar-refractivity contribution in [2.24, 2.45) is 0 Å². The first-order chi connectivity index (χ1) is 12.5. The van der Waals surface area contributed by atoms with Gasteiger partial charge in [0.1, 0.15) is 6.54 Å². The fourth-order valence-corrected chi connectivity index (χ4v) is 2.85. The maximum absolute atomic E-state index is 12.4. The van der Waals surface area contributed by atoms with Crippen molar-refractivity contribution in [3.8, 4) is 0 Å². The van der Waals surface area contributed by atoms with Gasteiger partial charge in [-0.15, -0.1) is 0 Å². The maximum atomic E-state index is 12.4. The van der Waals surface area contributed by atoms with E-state index in [1.54, 1.807) is 0 Å². The van der Waals surface area contributed by atoms with E-state index in [0.29, 0.717) is 16.6 Å². The van der Waals surface area contributed by atoms with E-state index in [1.165, 1.54) is 34.9 Å². The Hall–Kier alpha value is -3.48. The van der Waals surface area contributed by atoms with Crippen molar-refractivity contribution in [2.75, 3.05) is 5.32 Å². The molecule has 1 N–H and O–H groups in total. The minimum absolute atomic E-state index is 0.0657. The molecule has 0 atom stereocenters. The number of fused-ring (bicyclic) bond motifs is 1. The summed E-state index contributed by atoms with van der Waals surface area (Å²) < 4.78 is 1.31. The van der Waals surface area contributed by atoms with Crippen LogP contribution in [0.4, 0.5) is 11.4 Å². The highest BCUT2D eigenvalue weighted by molar-refractivity contribution is 5.92. The number of aryl methyl sites for hydroxylation is 1. The zero-order chi connectivity index (χ0) is 18.7. The van der Waals surface area contributed by atoms with Crippen LogP contribution < -0.4 is 10.9 Å². The molecule has 0 bridgehead atoms. The number of carbonyl (C=O) groups is 1. The van der Waals surface area contributed by atoms with Crippen molar-refractivity contribution in [1.29, 1.82) is 0 Å². The van der Waals surface area contributed by atoms with E-state index in [0.717, 1.165) is 12.0 Å². The molecule has 0 radical (unpaired) electrons. The van der Waals surface area contributed by atoms with Gasteiger partial charge in [0.15, 0.2) is 0 Å². The number of amides is 1. The average molecular weight is 351 g/mol. The van der Waals surface area contributed by atoms with E-state index in [2.05, 4.69) is 5.32 Å². The van der Waals surface area contributed by atoms with Crippen LogP contribution in [0.3, 0.4) is 0 Å². The first-order valence-corrected chi connectivity index (χ1v) is 8.15. The van der Waals surface area contributed by atoms with Crippen molar-refractivity contribution in [2.45, 2.75) is 19.9 Å². The van der Waals surface area contributed by atoms with Crippen LogP contribution in [0.2, 0.25) is 0 Å². The molecule has 0 aliphatic heterocycles. The SMILES string of the molecule is CCc1ccccc1NC(=O)Cn1c(=O)ccc2cc([N+](=O)[O-])ccc21. The summed E-state index contributed by atoms with van der Waals surface area (Å²) in [7, 11) is 0. The van der Waals surface area contributed by atoms with Crippen molar-refractivity contribution in [3.05, 3.63) is 80.6 Å². The minimum atomic E-state index is -0.497. The van der Waals surface area contributed by atoms with Gasteiger partial charge in [-0.05, 0) is 30.2 Å². The number of nitro groups is 1. The van der Waals surface area contributed by atoms with Gasteiger partial charge in [-0.1, -0.05) is 25.1 Å². The summed E-state index contributed by atoms with van der Waals surface area (Å²) >= 11 is 0.